The van der Waals surface area contributed by atoms with Gasteiger partial charge in [-0.15, -0.1) is 0 Å². The van der Waals surface area contributed by atoms with Gasteiger partial charge in [0.25, 0.3) is 0 Å². The van der Waals surface area contributed by atoms with Crippen molar-refractivity contribution in [2.45, 2.75) is 38.6 Å². The van der Waals surface area contributed by atoms with Crippen LogP contribution < -0.4 is 0 Å². The molecule has 0 aliphatic heterocycles. The number of nitrogens with zero attached hydrogens (tertiary/aromatic N) is 2. The van der Waals surface area contributed by atoms with Gasteiger partial charge in [-0.25, -0.2) is 13.6 Å². The molecule has 0 amide bonds. The molecular formula is C28H32F2N2O4. The number of carbonyl (C=O) groups is 1. The smallest absolute Gasteiger partial charge is 0.329 e. The van der Waals surface area contributed by atoms with E-state index in [2.05, 4.69) is 0 Å². The van der Waals surface area contributed by atoms with Gasteiger partial charge in [0.2, 0.25) is 0 Å². The molecule has 1 aliphatic rings. The van der Waals surface area contributed by atoms with Crippen LogP contribution in [0.25, 0.3) is 22.4 Å². The second-order valence-corrected chi connectivity index (χ2v) is 9.36. The van der Waals surface area contributed by atoms with Crippen LogP contribution in [0.15, 0.2) is 48.5 Å². The van der Waals surface area contributed by atoms with Gasteiger partial charge in [0.15, 0.2) is 11.6 Å². The monoisotopic (exact) mass is 498 g/mol. The maximum atomic E-state index is 15.1. The molecule has 3 aromatic rings. The molecule has 1 aromatic heterocycles. The van der Waals surface area contributed by atoms with E-state index in [1.54, 1.807) is 13.2 Å². The molecule has 192 valence electrons. The Balaban J connectivity index is 1.64. The van der Waals surface area contributed by atoms with E-state index < -0.39 is 17.6 Å². The molecule has 8 heteroatoms. The Morgan fingerprint density at radius 1 is 1.06 bits per heavy atom. The first-order valence-corrected chi connectivity index (χ1v) is 12.4. The maximum Gasteiger partial charge on any atom is 0.329 e. The predicted octanol–water partition coefficient (Wildman–Crippen LogP) is 5.59. The molecule has 6 nitrogen and oxygen atoms in total. The third kappa shape index (κ3) is 6.17. The first-order chi connectivity index (χ1) is 17.5. The number of ether oxygens (including phenoxy) is 2. The number of hydrogen-bond acceptors (Lipinski definition) is 4. The average Bonchev–Trinajstić information content (AvgIpc) is 3.23. The van der Waals surface area contributed by atoms with Gasteiger partial charge in [-0.3, -0.25) is 4.68 Å². The van der Waals surface area contributed by atoms with Gasteiger partial charge in [0.1, 0.15) is 12.3 Å². The fourth-order valence-electron chi connectivity index (χ4n) is 5.02. The van der Waals surface area contributed by atoms with E-state index in [0.29, 0.717) is 49.3 Å². The minimum Gasteiger partial charge on any atom is -0.480 e. The van der Waals surface area contributed by atoms with Crippen LogP contribution in [0.4, 0.5) is 8.78 Å². The molecule has 4 rings (SSSR count). The van der Waals surface area contributed by atoms with Crippen molar-refractivity contribution in [1.82, 2.24) is 9.78 Å². The van der Waals surface area contributed by atoms with E-state index in [4.69, 9.17) is 19.7 Å². The van der Waals surface area contributed by atoms with E-state index in [0.717, 1.165) is 43.0 Å². The Kier molecular flexibility index (Phi) is 8.83. The molecule has 0 unspecified atom stereocenters. The zero-order valence-corrected chi connectivity index (χ0v) is 20.5. The number of methoxy groups -OCH3 is 1. The van der Waals surface area contributed by atoms with E-state index in [1.165, 1.54) is 6.07 Å². The number of benzene rings is 2. The first-order valence-electron chi connectivity index (χ1n) is 12.4. The van der Waals surface area contributed by atoms with Crippen molar-refractivity contribution in [2.75, 3.05) is 26.9 Å². The van der Waals surface area contributed by atoms with Gasteiger partial charge < -0.3 is 14.6 Å². The van der Waals surface area contributed by atoms with Crippen molar-refractivity contribution in [3.8, 4) is 22.4 Å². The lowest BCUT2D eigenvalue weighted by Crippen LogP contribution is -2.24. The van der Waals surface area contributed by atoms with Gasteiger partial charge in [0.05, 0.1) is 13.2 Å². The normalized spacial score (nSPS) is 17.9. The minimum atomic E-state index is -0.953. The SMILES string of the molecule is COCCc1c(-c2cccc(F)c2F)c(-c2ccccc2)nn1CC1CCC(COCC(=O)O)CC1. The summed E-state index contributed by atoms with van der Waals surface area (Å²) < 4.78 is 41.9. The first kappa shape index (κ1) is 26.0. The third-order valence-corrected chi connectivity index (χ3v) is 6.85. The third-order valence-electron chi connectivity index (χ3n) is 6.85. The van der Waals surface area contributed by atoms with Crippen molar-refractivity contribution >= 4 is 5.97 Å². The maximum absolute atomic E-state index is 15.1. The molecule has 1 heterocycles. The lowest BCUT2D eigenvalue weighted by Gasteiger charge is -2.28. The molecule has 0 radical (unpaired) electrons. The van der Waals surface area contributed by atoms with Crippen molar-refractivity contribution in [1.29, 1.82) is 0 Å². The molecule has 2 aromatic carbocycles. The van der Waals surface area contributed by atoms with Crippen molar-refractivity contribution in [2.24, 2.45) is 11.8 Å². The standard InChI is InChI=1S/C28H32F2N2O4/c1-35-15-14-24-26(22-8-5-9-23(29)27(22)30)28(21-6-3-2-4-7-21)31-32(24)16-19-10-12-20(13-11-19)17-36-18-25(33)34/h2-9,19-20H,10-18H2,1H3,(H,33,34). The topological polar surface area (TPSA) is 73.6 Å². The van der Waals surface area contributed by atoms with Crippen LogP contribution in [0, 0.1) is 23.5 Å². The van der Waals surface area contributed by atoms with E-state index in [9.17, 15) is 9.18 Å². The number of hydrogen-bond donors (Lipinski definition) is 1. The molecule has 36 heavy (non-hydrogen) atoms. The summed E-state index contributed by atoms with van der Waals surface area (Å²) in [5, 5.41) is 13.7. The van der Waals surface area contributed by atoms with Crippen LogP contribution >= 0.6 is 0 Å². The zero-order valence-electron chi connectivity index (χ0n) is 20.5. The molecule has 1 saturated carbocycles. The van der Waals surface area contributed by atoms with Gasteiger partial charge in [-0.2, -0.15) is 5.10 Å². The molecular weight excluding hydrogens is 466 g/mol. The van der Waals surface area contributed by atoms with Gasteiger partial charge >= 0.3 is 5.97 Å². The molecule has 0 saturated heterocycles. The van der Waals surface area contributed by atoms with Gasteiger partial charge in [-0.05, 0) is 43.6 Å². The van der Waals surface area contributed by atoms with Crippen LogP contribution in [0.3, 0.4) is 0 Å². The van der Waals surface area contributed by atoms with Crippen molar-refractivity contribution in [3.05, 3.63) is 65.9 Å². The summed E-state index contributed by atoms with van der Waals surface area (Å²) in [7, 11) is 1.62. The quantitative estimate of drug-likeness (QED) is 0.373. The molecule has 1 fully saturated rings. The zero-order chi connectivity index (χ0) is 25.5. The highest BCUT2D eigenvalue weighted by Crippen LogP contribution is 2.38. The Labute approximate surface area is 209 Å². The average molecular weight is 499 g/mol. The summed E-state index contributed by atoms with van der Waals surface area (Å²) in [4.78, 5) is 10.7. The predicted molar refractivity (Wildman–Crippen MR) is 132 cm³/mol. The number of carboxylic acid groups (broad SMARTS) is 1. The molecule has 1 N–H and O–H groups in total. The van der Waals surface area contributed by atoms with Crippen LogP contribution in [0.2, 0.25) is 0 Å². The van der Waals surface area contributed by atoms with Crippen molar-refractivity contribution < 1.29 is 28.2 Å². The highest BCUT2D eigenvalue weighted by molar-refractivity contribution is 5.83. The molecule has 0 bridgehead atoms. The molecule has 0 atom stereocenters. The Morgan fingerprint density at radius 3 is 2.47 bits per heavy atom. The summed E-state index contributed by atoms with van der Waals surface area (Å²) in [6, 6.07) is 13.8. The van der Waals surface area contributed by atoms with Gasteiger partial charge in [-0.1, -0.05) is 42.5 Å². The summed E-state index contributed by atoms with van der Waals surface area (Å²) in [5.74, 6) is -2.00. The van der Waals surface area contributed by atoms with E-state index >= 15 is 4.39 Å². The fraction of sp³-hybridized carbons (Fsp3) is 0.429. The van der Waals surface area contributed by atoms with Crippen LogP contribution in [0.1, 0.15) is 31.4 Å². The fourth-order valence-corrected chi connectivity index (χ4v) is 5.02. The lowest BCUT2D eigenvalue weighted by molar-refractivity contribution is -0.142. The highest BCUT2D eigenvalue weighted by Gasteiger charge is 2.27. The number of aromatic nitrogens is 2. The number of halogens is 2. The molecule has 1 aliphatic carbocycles. The largest absolute Gasteiger partial charge is 0.480 e. The number of rotatable bonds is 11. The van der Waals surface area contributed by atoms with E-state index in [1.807, 2.05) is 35.0 Å². The Morgan fingerprint density at radius 2 is 1.78 bits per heavy atom. The second kappa shape index (κ2) is 12.2. The summed E-state index contributed by atoms with van der Waals surface area (Å²) >= 11 is 0. The minimum absolute atomic E-state index is 0.200. The molecule has 0 spiro atoms. The van der Waals surface area contributed by atoms with Crippen LogP contribution in [0.5, 0.6) is 0 Å². The van der Waals surface area contributed by atoms with Crippen LogP contribution in [-0.2, 0) is 27.2 Å². The lowest BCUT2D eigenvalue weighted by atomic mass is 9.82. The summed E-state index contributed by atoms with van der Waals surface area (Å²) in [5.41, 5.74) is 3.10. The number of carboxylic acids is 1. The summed E-state index contributed by atoms with van der Waals surface area (Å²) in [6.07, 6.45) is 4.36. The van der Waals surface area contributed by atoms with Gasteiger partial charge in [0, 0.05) is 42.5 Å². The highest BCUT2D eigenvalue weighted by atomic mass is 19.2. The second-order valence-electron chi connectivity index (χ2n) is 9.36. The Hall–Kier alpha value is -3.10. The Bertz CT molecular complexity index is 1160. The van der Waals surface area contributed by atoms with Crippen LogP contribution in [-0.4, -0.2) is 47.8 Å². The van der Waals surface area contributed by atoms with Crippen molar-refractivity contribution in [3.63, 3.8) is 0 Å². The summed E-state index contributed by atoms with van der Waals surface area (Å²) in [6.45, 7) is 1.29. The van der Waals surface area contributed by atoms with E-state index in [-0.39, 0.29) is 12.2 Å². The number of aliphatic carboxylic acids is 1.